The van der Waals surface area contributed by atoms with Gasteiger partial charge in [0.05, 0.1) is 12.0 Å². The van der Waals surface area contributed by atoms with E-state index in [2.05, 4.69) is 26.0 Å². The molecule has 0 saturated heterocycles. The molecule has 1 aromatic rings. The molecule has 3 unspecified atom stereocenters. The molecule has 1 amide bonds. The Bertz CT molecular complexity index is 409. The molecule has 1 rings (SSSR count). The number of carbonyl (C=O) groups is 1. The number of carbonyl (C=O) groups excluding carboxylic acids is 1. The normalized spacial score (nSPS) is 14.7. The van der Waals surface area contributed by atoms with E-state index >= 15 is 0 Å². The standard InChI is InChI=1S/C17H28N2O.ClH/c1-5-6-12-19(17(20)13(2)14(3)18)15(4)16-10-8-7-9-11-16;/h7-11,13-15H,5-6,12,18H2,1-4H3;1H. The number of hydrogen-bond donors (Lipinski definition) is 1. The van der Waals surface area contributed by atoms with Crippen LogP contribution in [0.3, 0.4) is 0 Å². The zero-order valence-electron chi connectivity index (χ0n) is 13.6. The maximum absolute atomic E-state index is 12.7. The third kappa shape index (κ3) is 5.68. The van der Waals surface area contributed by atoms with Crippen molar-refractivity contribution in [3.63, 3.8) is 0 Å². The number of amides is 1. The van der Waals surface area contributed by atoms with Gasteiger partial charge in [0.1, 0.15) is 0 Å². The quantitative estimate of drug-likeness (QED) is 0.832. The number of unbranched alkanes of at least 4 members (excludes halogenated alkanes) is 1. The highest BCUT2D eigenvalue weighted by Gasteiger charge is 2.27. The fourth-order valence-electron chi connectivity index (χ4n) is 2.22. The Hall–Kier alpha value is -1.06. The van der Waals surface area contributed by atoms with E-state index in [1.54, 1.807) is 0 Å². The molecule has 0 fully saturated rings. The molecule has 4 heteroatoms. The van der Waals surface area contributed by atoms with Gasteiger partial charge in [-0.05, 0) is 25.8 Å². The highest BCUT2D eigenvalue weighted by atomic mass is 35.5. The molecule has 3 nitrogen and oxygen atoms in total. The molecule has 21 heavy (non-hydrogen) atoms. The summed E-state index contributed by atoms with van der Waals surface area (Å²) in [5.74, 6) is 0.0165. The smallest absolute Gasteiger partial charge is 0.227 e. The van der Waals surface area contributed by atoms with Crippen molar-refractivity contribution in [1.29, 1.82) is 0 Å². The lowest BCUT2D eigenvalue weighted by atomic mass is 9.99. The van der Waals surface area contributed by atoms with Crippen LogP contribution >= 0.6 is 12.4 Å². The highest BCUT2D eigenvalue weighted by Crippen LogP contribution is 2.23. The van der Waals surface area contributed by atoms with Gasteiger partial charge in [-0.2, -0.15) is 0 Å². The van der Waals surface area contributed by atoms with E-state index in [4.69, 9.17) is 5.73 Å². The van der Waals surface area contributed by atoms with Gasteiger partial charge in [-0.15, -0.1) is 12.4 Å². The van der Waals surface area contributed by atoms with E-state index in [9.17, 15) is 4.79 Å². The summed E-state index contributed by atoms with van der Waals surface area (Å²) in [6, 6.07) is 10.2. The van der Waals surface area contributed by atoms with Gasteiger partial charge in [0.15, 0.2) is 0 Å². The predicted molar refractivity (Wildman–Crippen MR) is 91.5 cm³/mol. The molecule has 0 bridgehead atoms. The molecule has 120 valence electrons. The number of nitrogens with zero attached hydrogens (tertiary/aromatic N) is 1. The summed E-state index contributed by atoms with van der Waals surface area (Å²) >= 11 is 0. The zero-order chi connectivity index (χ0) is 15.1. The third-order valence-electron chi connectivity index (χ3n) is 3.96. The van der Waals surface area contributed by atoms with Crippen LogP contribution in [0.1, 0.15) is 52.1 Å². The van der Waals surface area contributed by atoms with E-state index < -0.39 is 0 Å². The third-order valence-corrected chi connectivity index (χ3v) is 3.96. The Balaban J connectivity index is 0.00000400. The molecule has 0 saturated carbocycles. The minimum Gasteiger partial charge on any atom is -0.336 e. The lowest BCUT2D eigenvalue weighted by Crippen LogP contribution is -2.43. The predicted octanol–water partition coefficient (Wildman–Crippen LogP) is 3.78. The van der Waals surface area contributed by atoms with Crippen molar-refractivity contribution in [1.82, 2.24) is 4.90 Å². The number of hydrogen-bond acceptors (Lipinski definition) is 2. The Morgan fingerprint density at radius 1 is 1.19 bits per heavy atom. The first kappa shape index (κ1) is 19.9. The fourth-order valence-corrected chi connectivity index (χ4v) is 2.22. The Labute approximate surface area is 135 Å². The van der Waals surface area contributed by atoms with Crippen LogP contribution in [0.4, 0.5) is 0 Å². The maximum atomic E-state index is 12.7. The lowest BCUT2D eigenvalue weighted by molar-refractivity contribution is -0.137. The minimum absolute atomic E-state index is 0. The van der Waals surface area contributed by atoms with Gasteiger partial charge in [-0.3, -0.25) is 4.79 Å². The van der Waals surface area contributed by atoms with Crippen LogP contribution in [-0.2, 0) is 4.79 Å². The van der Waals surface area contributed by atoms with Crippen LogP contribution < -0.4 is 5.73 Å². The van der Waals surface area contributed by atoms with Gasteiger partial charge in [-0.1, -0.05) is 50.6 Å². The van der Waals surface area contributed by atoms with Crippen LogP contribution in [0.25, 0.3) is 0 Å². The summed E-state index contributed by atoms with van der Waals surface area (Å²) in [4.78, 5) is 14.6. The van der Waals surface area contributed by atoms with Gasteiger partial charge in [-0.25, -0.2) is 0 Å². The second-order valence-electron chi connectivity index (χ2n) is 5.62. The Morgan fingerprint density at radius 3 is 2.24 bits per heavy atom. The van der Waals surface area contributed by atoms with Crippen molar-refractivity contribution in [2.45, 2.75) is 52.6 Å². The zero-order valence-corrected chi connectivity index (χ0v) is 14.4. The molecular formula is C17H29ClN2O. The summed E-state index contributed by atoms with van der Waals surface area (Å²) in [6.45, 7) is 8.85. The number of nitrogens with two attached hydrogens (primary N) is 1. The monoisotopic (exact) mass is 312 g/mol. The largest absolute Gasteiger partial charge is 0.336 e. The average Bonchev–Trinajstić information content (AvgIpc) is 2.47. The molecule has 0 aliphatic carbocycles. The van der Waals surface area contributed by atoms with Crippen molar-refractivity contribution in [3.8, 4) is 0 Å². The van der Waals surface area contributed by atoms with Crippen LogP contribution in [0.15, 0.2) is 30.3 Å². The molecule has 0 aliphatic heterocycles. The topological polar surface area (TPSA) is 46.3 Å². The van der Waals surface area contributed by atoms with Crippen molar-refractivity contribution < 1.29 is 4.79 Å². The molecule has 1 aromatic carbocycles. The van der Waals surface area contributed by atoms with Crippen LogP contribution in [0.5, 0.6) is 0 Å². The van der Waals surface area contributed by atoms with Gasteiger partial charge in [0, 0.05) is 12.6 Å². The average molecular weight is 313 g/mol. The van der Waals surface area contributed by atoms with E-state index in [0.29, 0.717) is 0 Å². The summed E-state index contributed by atoms with van der Waals surface area (Å²) in [5, 5.41) is 0. The molecule has 0 radical (unpaired) electrons. The fraction of sp³-hybridized carbons (Fsp3) is 0.588. The van der Waals surface area contributed by atoms with E-state index in [1.165, 1.54) is 5.56 Å². The van der Waals surface area contributed by atoms with E-state index in [-0.39, 0.29) is 36.3 Å². The van der Waals surface area contributed by atoms with E-state index in [0.717, 1.165) is 19.4 Å². The van der Waals surface area contributed by atoms with Gasteiger partial charge < -0.3 is 10.6 Å². The molecule has 0 spiro atoms. The van der Waals surface area contributed by atoms with Crippen LogP contribution in [0.2, 0.25) is 0 Å². The van der Waals surface area contributed by atoms with Crippen molar-refractivity contribution in [2.24, 2.45) is 11.7 Å². The van der Waals surface area contributed by atoms with Crippen molar-refractivity contribution in [3.05, 3.63) is 35.9 Å². The van der Waals surface area contributed by atoms with E-state index in [1.807, 2.05) is 36.9 Å². The highest BCUT2D eigenvalue weighted by molar-refractivity contribution is 5.85. The van der Waals surface area contributed by atoms with Crippen molar-refractivity contribution in [2.75, 3.05) is 6.54 Å². The van der Waals surface area contributed by atoms with Crippen LogP contribution in [-0.4, -0.2) is 23.4 Å². The first-order valence-electron chi connectivity index (χ1n) is 7.60. The van der Waals surface area contributed by atoms with Gasteiger partial charge >= 0.3 is 0 Å². The second-order valence-corrected chi connectivity index (χ2v) is 5.62. The van der Waals surface area contributed by atoms with Gasteiger partial charge in [0.2, 0.25) is 5.91 Å². The second kappa shape index (κ2) is 9.80. The lowest BCUT2D eigenvalue weighted by Gasteiger charge is -2.33. The Kier molecular flexibility index (Phi) is 9.31. The summed E-state index contributed by atoms with van der Waals surface area (Å²) in [7, 11) is 0. The van der Waals surface area contributed by atoms with Gasteiger partial charge in [0.25, 0.3) is 0 Å². The number of benzene rings is 1. The number of halogens is 1. The summed E-state index contributed by atoms with van der Waals surface area (Å²) in [6.07, 6.45) is 2.10. The summed E-state index contributed by atoms with van der Waals surface area (Å²) in [5.41, 5.74) is 7.07. The summed E-state index contributed by atoms with van der Waals surface area (Å²) < 4.78 is 0. The molecule has 0 heterocycles. The first-order chi connectivity index (χ1) is 9.49. The maximum Gasteiger partial charge on any atom is 0.227 e. The Morgan fingerprint density at radius 2 is 1.76 bits per heavy atom. The van der Waals surface area contributed by atoms with Crippen LogP contribution in [0, 0.1) is 5.92 Å². The molecule has 0 aliphatic rings. The first-order valence-corrected chi connectivity index (χ1v) is 7.60. The molecule has 0 aromatic heterocycles. The SMILES string of the molecule is CCCCN(C(=O)C(C)C(C)N)C(C)c1ccccc1.Cl. The molecular weight excluding hydrogens is 284 g/mol. The minimum atomic E-state index is -0.141. The number of rotatable bonds is 7. The molecule has 2 N–H and O–H groups in total. The van der Waals surface area contributed by atoms with Crippen molar-refractivity contribution >= 4 is 18.3 Å². The molecule has 3 atom stereocenters.